The van der Waals surface area contributed by atoms with Crippen molar-refractivity contribution in [2.75, 3.05) is 19.8 Å². The Hall–Kier alpha value is -1.54. The van der Waals surface area contributed by atoms with Crippen molar-refractivity contribution in [3.05, 3.63) is 0 Å². The predicted molar refractivity (Wildman–Crippen MR) is 175 cm³/mol. The van der Waals surface area contributed by atoms with Crippen molar-refractivity contribution in [2.24, 2.45) is 0 Å². The SMILES string of the molecule is CCCC(O)CC(=O)OC[C@H]1O[C@@H](O[C@H]2[C@H](O)[C@@H](O)[C@H](OCC(O)CCCCCCCCCCCCCC(=O)O)O[C@@H]2CO)[C@H](O)[C@@H](O)[C@@H]1O. The van der Waals surface area contributed by atoms with Crippen LogP contribution in [0.1, 0.15) is 110 Å². The Morgan fingerprint density at radius 1 is 0.680 bits per heavy atom. The number of rotatable bonds is 26. The second-order valence-corrected chi connectivity index (χ2v) is 13.5. The number of esters is 1. The number of carboxylic acid groups (broad SMARTS) is 1. The zero-order valence-electron chi connectivity index (χ0n) is 29.2. The van der Waals surface area contributed by atoms with Gasteiger partial charge >= 0.3 is 11.9 Å². The number of aliphatic carboxylic acids is 1. The van der Waals surface area contributed by atoms with Crippen LogP contribution in [0.2, 0.25) is 0 Å². The molecular formula is C34H62O16. The molecule has 2 heterocycles. The molecule has 0 aromatic rings. The molecule has 2 fully saturated rings. The van der Waals surface area contributed by atoms with Crippen molar-refractivity contribution < 1.29 is 79.2 Å². The molecule has 0 radical (unpaired) electrons. The Morgan fingerprint density at radius 3 is 1.82 bits per heavy atom. The largest absolute Gasteiger partial charge is 0.481 e. The zero-order valence-corrected chi connectivity index (χ0v) is 29.2. The van der Waals surface area contributed by atoms with E-state index in [4.69, 9.17) is 28.8 Å². The molecule has 2 unspecified atom stereocenters. The molecule has 0 bridgehead atoms. The molecular weight excluding hydrogens is 664 g/mol. The first kappa shape index (κ1) is 44.6. The van der Waals surface area contributed by atoms with Crippen LogP contribution in [0, 0.1) is 0 Å². The van der Waals surface area contributed by atoms with Crippen LogP contribution in [-0.2, 0) is 33.3 Å². The lowest BCUT2D eigenvalue weighted by molar-refractivity contribution is -0.360. The van der Waals surface area contributed by atoms with E-state index in [1.165, 1.54) is 0 Å². The van der Waals surface area contributed by atoms with Gasteiger partial charge in [0.1, 0.15) is 55.4 Å². The monoisotopic (exact) mass is 726 g/mol. The van der Waals surface area contributed by atoms with E-state index in [1.54, 1.807) is 0 Å². The molecule has 0 aromatic carbocycles. The maximum Gasteiger partial charge on any atom is 0.308 e. The number of unbranched alkanes of at least 4 members (excludes halogenated alkanes) is 10. The summed E-state index contributed by atoms with van der Waals surface area (Å²) >= 11 is 0. The average Bonchev–Trinajstić information content (AvgIpc) is 3.07. The van der Waals surface area contributed by atoms with Crippen LogP contribution in [0.4, 0.5) is 0 Å². The van der Waals surface area contributed by atoms with E-state index in [1.807, 2.05) is 6.92 Å². The first-order chi connectivity index (χ1) is 23.9. The highest BCUT2D eigenvalue weighted by Crippen LogP contribution is 2.30. The molecule has 0 amide bonds. The Morgan fingerprint density at radius 2 is 1.24 bits per heavy atom. The van der Waals surface area contributed by atoms with E-state index < -0.39 is 98.8 Å². The van der Waals surface area contributed by atoms with Gasteiger partial charge < -0.3 is 69.6 Å². The summed E-state index contributed by atoms with van der Waals surface area (Å²) in [6.45, 7) is 0.387. The number of aliphatic hydroxyl groups is 8. The first-order valence-electron chi connectivity index (χ1n) is 18.2. The summed E-state index contributed by atoms with van der Waals surface area (Å²) < 4.78 is 27.4. The van der Waals surface area contributed by atoms with E-state index in [-0.39, 0.29) is 19.4 Å². The number of hydrogen-bond donors (Lipinski definition) is 9. The topological polar surface area (TPSA) is 262 Å². The highest BCUT2D eigenvalue weighted by atomic mass is 16.7. The third-order valence-corrected chi connectivity index (χ3v) is 9.09. The summed E-state index contributed by atoms with van der Waals surface area (Å²) in [5.41, 5.74) is 0. The minimum atomic E-state index is -1.83. The lowest BCUT2D eigenvalue weighted by Gasteiger charge is -2.46. The number of carboxylic acids is 1. The second kappa shape index (κ2) is 24.7. The van der Waals surface area contributed by atoms with Crippen molar-refractivity contribution in [1.29, 1.82) is 0 Å². The highest BCUT2D eigenvalue weighted by Gasteiger charge is 2.51. The lowest BCUT2D eigenvalue weighted by atomic mass is 9.97. The Labute approximate surface area is 294 Å². The van der Waals surface area contributed by atoms with E-state index in [0.29, 0.717) is 19.3 Å². The quantitative estimate of drug-likeness (QED) is 0.0427. The molecule has 0 saturated carbocycles. The van der Waals surface area contributed by atoms with Crippen LogP contribution >= 0.6 is 0 Å². The van der Waals surface area contributed by atoms with Gasteiger partial charge in [0.05, 0.1) is 31.8 Å². The smallest absolute Gasteiger partial charge is 0.308 e. The van der Waals surface area contributed by atoms with Crippen LogP contribution in [0.3, 0.4) is 0 Å². The van der Waals surface area contributed by atoms with Gasteiger partial charge in [0.25, 0.3) is 0 Å². The number of carbonyl (C=O) groups excluding carboxylic acids is 1. The molecule has 2 saturated heterocycles. The molecule has 16 nitrogen and oxygen atoms in total. The Kier molecular flexibility index (Phi) is 22.0. The van der Waals surface area contributed by atoms with Gasteiger partial charge in [-0.25, -0.2) is 0 Å². The van der Waals surface area contributed by atoms with Crippen molar-refractivity contribution in [3.8, 4) is 0 Å². The van der Waals surface area contributed by atoms with Gasteiger partial charge in [0.15, 0.2) is 12.6 Å². The minimum absolute atomic E-state index is 0.199. The molecule has 50 heavy (non-hydrogen) atoms. The molecule has 16 heteroatoms. The molecule has 0 spiro atoms. The van der Waals surface area contributed by atoms with Gasteiger partial charge in [0, 0.05) is 6.42 Å². The maximum absolute atomic E-state index is 12.1. The van der Waals surface area contributed by atoms with Gasteiger partial charge in [-0.2, -0.15) is 0 Å². The van der Waals surface area contributed by atoms with Gasteiger partial charge in [-0.1, -0.05) is 77.6 Å². The zero-order chi connectivity index (χ0) is 37.1. The van der Waals surface area contributed by atoms with Gasteiger partial charge in [0.2, 0.25) is 0 Å². The van der Waals surface area contributed by atoms with Crippen molar-refractivity contribution in [1.82, 2.24) is 0 Å². The fourth-order valence-corrected chi connectivity index (χ4v) is 6.08. The minimum Gasteiger partial charge on any atom is -0.481 e. The molecule has 2 aliphatic heterocycles. The average molecular weight is 727 g/mol. The molecule has 2 rings (SSSR count). The fraction of sp³-hybridized carbons (Fsp3) is 0.941. The summed E-state index contributed by atoms with van der Waals surface area (Å²) in [5, 5.41) is 91.6. The molecule has 2 aliphatic rings. The number of carbonyl (C=O) groups is 2. The van der Waals surface area contributed by atoms with Crippen molar-refractivity contribution >= 4 is 11.9 Å². The van der Waals surface area contributed by atoms with Crippen LogP contribution < -0.4 is 0 Å². The van der Waals surface area contributed by atoms with Gasteiger partial charge in [-0.15, -0.1) is 0 Å². The fourth-order valence-electron chi connectivity index (χ4n) is 6.08. The van der Waals surface area contributed by atoms with Crippen LogP contribution in [-0.4, -0.2) is 151 Å². The molecule has 9 N–H and O–H groups in total. The van der Waals surface area contributed by atoms with E-state index >= 15 is 0 Å². The van der Waals surface area contributed by atoms with Crippen LogP contribution in [0.15, 0.2) is 0 Å². The molecule has 0 aromatic heterocycles. The molecule has 294 valence electrons. The van der Waals surface area contributed by atoms with E-state index in [9.17, 15) is 50.4 Å². The first-order valence-corrected chi connectivity index (χ1v) is 18.2. The molecule has 12 atom stereocenters. The standard InChI is InChI=1S/C34H62O16/c1-2-14-21(36)17-26(40)46-20-24-27(41)28(42)30(44)34(49-24)50-32-23(18-35)48-33(31(45)29(32)43)47-19-22(37)15-12-10-8-6-4-3-5-7-9-11-13-16-25(38)39/h21-24,27-37,41-45H,2-20H2,1H3,(H,38,39)/t21?,22?,23-,24-,27-,28+,29-,30-,31-,32-,33-,34+/m1/s1. The summed E-state index contributed by atoms with van der Waals surface area (Å²) in [6.07, 6.45) is -5.17. The Balaban J connectivity index is 1.72. The summed E-state index contributed by atoms with van der Waals surface area (Å²) in [7, 11) is 0. The lowest BCUT2D eigenvalue weighted by Crippen LogP contribution is -2.64. The van der Waals surface area contributed by atoms with Gasteiger partial charge in [-0.3, -0.25) is 9.59 Å². The Bertz CT molecular complexity index is 924. The number of aliphatic hydroxyl groups excluding tert-OH is 8. The summed E-state index contributed by atoms with van der Waals surface area (Å²) in [6, 6.07) is 0. The third kappa shape index (κ3) is 16.0. The summed E-state index contributed by atoms with van der Waals surface area (Å²) in [5.74, 6) is -1.51. The van der Waals surface area contributed by atoms with Crippen molar-refractivity contribution in [3.63, 3.8) is 0 Å². The van der Waals surface area contributed by atoms with Crippen LogP contribution in [0.5, 0.6) is 0 Å². The number of ether oxygens (including phenoxy) is 5. The maximum atomic E-state index is 12.1. The van der Waals surface area contributed by atoms with E-state index in [0.717, 1.165) is 70.6 Å². The van der Waals surface area contributed by atoms with Crippen molar-refractivity contribution in [2.45, 2.75) is 183 Å². The highest BCUT2D eigenvalue weighted by molar-refractivity contribution is 5.69. The normalized spacial score (nSPS) is 31.3. The third-order valence-electron chi connectivity index (χ3n) is 9.09. The molecule has 0 aliphatic carbocycles. The predicted octanol–water partition coefficient (Wildman–Crippen LogP) is 0.246. The van der Waals surface area contributed by atoms with E-state index in [2.05, 4.69) is 0 Å². The number of hydrogen-bond acceptors (Lipinski definition) is 15. The summed E-state index contributed by atoms with van der Waals surface area (Å²) in [4.78, 5) is 22.6. The van der Waals surface area contributed by atoms with Gasteiger partial charge in [-0.05, 0) is 19.3 Å². The second-order valence-electron chi connectivity index (χ2n) is 13.5. The van der Waals surface area contributed by atoms with Crippen LogP contribution in [0.25, 0.3) is 0 Å².